The highest BCUT2D eigenvalue weighted by Gasteiger charge is 2.28. The lowest BCUT2D eigenvalue weighted by Gasteiger charge is -2.16. The minimum atomic E-state index is -0.929. The number of rotatable bonds is 6. The molecule has 1 aliphatic carbocycles. The molecule has 1 atom stereocenters. The number of carboxylic acids is 1. The predicted octanol–water partition coefficient (Wildman–Crippen LogP) is 1.72. The molecule has 2 rings (SSSR count). The molecule has 18 heavy (non-hydrogen) atoms. The number of aliphatic carboxylic acids is 1. The van der Waals surface area contributed by atoms with Crippen molar-refractivity contribution in [2.45, 2.75) is 31.8 Å². The summed E-state index contributed by atoms with van der Waals surface area (Å²) in [4.78, 5) is 11.0. The second kappa shape index (κ2) is 5.35. The second-order valence-corrected chi connectivity index (χ2v) is 4.55. The number of nitrogens with one attached hydrogen (secondary N) is 1. The van der Waals surface area contributed by atoms with Crippen LogP contribution in [-0.4, -0.2) is 29.8 Å². The Labute approximate surface area is 105 Å². The molecule has 1 aliphatic rings. The molecule has 1 saturated carbocycles. The zero-order chi connectivity index (χ0) is 13.1. The number of hydrogen-bond acceptors (Lipinski definition) is 3. The molecular formula is C13H16FNO3. The van der Waals surface area contributed by atoms with E-state index in [0.29, 0.717) is 17.4 Å². The van der Waals surface area contributed by atoms with Gasteiger partial charge in [-0.15, -0.1) is 0 Å². The van der Waals surface area contributed by atoms with E-state index in [2.05, 4.69) is 5.32 Å². The Bertz CT molecular complexity index is 446. The molecule has 0 heterocycles. The molecule has 0 spiro atoms. The lowest BCUT2D eigenvalue weighted by atomic mass is 10.2. The molecular weight excluding hydrogens is 237 g/mol. The van der Waals surface area contributed by atoms with Gasteiger partial charge in [-0.25, -0.2) is 4.39 Å². The van der Waals surface area contributed by atoms with E-state index in [4.69, 9.17) is 9.84 Å². The first kappa shape index (κ1) is 12.8. The lowest BCUT2D eigenvalue weighted by Crippen LogP contribution is -2.42. The zero-order valence-corrected chi connectivity index (χ0v) is 10.1. The molecule has 0 amide bonds. The average Bonchev–Trinajstić information content (AvgIpc) is 3.09. The van der Waals surface area contributed by atoms with Gasteiger partial charge in [-0.05, 0) is 43.5 Å². The summed E-state index contributed by atoms with van der Waals surface area (Å²) in [7, 11) is 0. The van der Waals surface area contributed by atoms with Crippen molar-refractivity contribution in [3.63, 3.8) is 0 Å². The Balaban J connectivity index is 1.93. The molecule has 0 aliphatic heterocycles. The maximum atomic E-state index is 12.9. The number of carboxylic acid groups (broad SMARTS) is 1. The fraction of sp³-hybridized carbons (Fsp3) is 0.462. The van der Waals surface area contributed by atoms with Gasteiger partial charge < -0.3 is 9.84 Å². The predicted molar refractivity (Wildman–Crippen MR) is 64.2 cm³/mol. The van der Waals surface area contributed by atoms with Crippen molar-refractivity contribution in [3.05, 3.63) is 29.6 Å². The molecule has 4 nitrogen and oxygen atoms in total. The first-order valence-corrected chi connectivity index (χ1v) is 5.94. The first-order valence-electron chi connectivity index (χ1n) is 5.94. The number of benzene rings is 1. The number of aryl methyl sites for hydroxylation is 1. The van der Waals surface area contributed by atoms with Crippen molar-refractivity contribution in [3.8, 4) is 5.75 Å². The van der Waals surface area contributed by atoms with E-state index in [1.165, 1.54) is 18.2 Å². The smallest absolute Gasteiger partial charge is 0.324 e. The lowest BCUT2D eigenvalue weighted by molar-refractivity contribution is -0.140. The van der Waals surface area contributed by atoms with Crippen molar-refractivity contribution in [1.29, 1.82) is 0 Å². The monoisotopic (exact) mass is 253 g/mol. The van der Waals surface area contributed by atoms with Crippen molar-refractivity contribution < 1.29 is 19.0 Å². The van der Waals surface area contributed by atoms with Gasteiger partial charge in [-0.2, -0.15) is 0 Å². The van der Waals surface area contributed by atoms with Crippen molar-refractivity contribution >= 4 is 5.97 Å². The van der Waals surface area contributed by atoms with Crippen LogP contribution >= 0.6 is 0 Å². The maximum Gasteiger partial charge on any atom is 0.324 e. The van der Waals surface area contributed by atoms with Gasteiger partial charge in [0.2, 0.25) is 0 Å². The highest BCUT2D eigenvalue weighted by molar-refractivity contribution is 5.73. The van der Waals surface area contributed by atoms with Crippen LogP contribution in [0.15, 0.2) is 18.2 Å². The standard InChI is InChI=1S/C13H16FNO3/c1-8-6-9(14)2-5-12(8)18-7-11(13(16)17)15-10-3-4-10/h2,5-6,10-11,15H,3-4,7H2,1H3,(H,16,17). The third kappa shape index (κ3) is 3.43. The van der Waals surface area contributed by atoms with Gasteiger partial charge in [-0.3, -0.25) is 10.1 Å². The summed E-state index contributed by atoms with van der Waals surface area (Å²) < 4.78 is 18.3. The fourth-order valence-corrected chi connectivity index (χ4v) is 1.67. The van der Waals surface area contributed by atoms with Crippen LogP contribution < -0.4 is 10.1 Å². The molecule has 0 saturated heterocycles. The minimum Gasteiger partial charge on any atom is -0.491 e. The van der Waals surface area contributed by atoms with Gasteiger partial charge in [0.1, 0.15) is 24.2 Å². The van der Waals surface area contributed by atoms with Crippen molar-refractivity contribution in [2.75, 3.05) is 6.61 Å². The van der Waals surface area contributed by atoms with Crippen LogP contribution in [0.25, 0.3) is 0 Å². The average molecular weight is 253 g/mol. The van der Waals surface area contributed by atoms with Gasteiger partial charge in [0.05, 0.1) is 0 Å². The molecule has 2 N–H and O–H groups in total. The topological polar surface area (TPSA) is 58.6 Å². The van der Waals surface area contributed by atoms with E-state index in [-0.39, 0.29) is 12.4 Å². The van der Waals surface area contributed by atoms with Crippen LogP contribution in [0.2, 0.25) is 0 Å². The SMILES string of the molecule is Cc1cc(F)ccc1OCC(NC1CC1)C(=O)O. The minimum absolute atomic E-state index is 0.0400. The highest BCUT2D eigenvalue weighted by atomic mass is 19.1. The normalized spacial score (nSPS) is 16.3. The van der Waals surface area contributed by atoms with E-state index >= 15 is 0 Å². The van der Waals surface area contributed by atoms with Gasteiger partial charge in [0.15, 0.2) is 0 Å². The molecule has 1 unspecified atom stereocenters. The van der Waals surface area contributed by atoms with Gasteiger partial charge in [-0.1, -0.05) is 0 Å². The first-order chi connectivity index (χ1) is 8.56. The number of hydrogen-bond donors (Lipinski definition) is 2. The molecule has 1 aromatic carbocycles. The molecule has 98 valence electrons. The van der Waals surface area contributed by atoms with Crippen LogP contribution in [0, 0.1) is 12.7 Å². The van der Waals surface area contributed by atoms with Gasteiger partial charge in [0.25, 0.3) is 0 Å². The number of ether oxygens (including phenoxy) is 1. The zero-order valence-electron chi connectivity index (χ0n) is 10.1. The van der Waals surface area contributed by atoms with E-state index in [0.717, 1.165) is 12.8 Å². The number of carbonyl (C=O) groups is 1. The summed E-state index contributed by atoms with van der Waals surface area (Å²) >= 11 is 0. The van der Waals surface area contributed by atoms with Crippen LogP contribution in [0.4, 0.5) is 4.39 Å². The van der Waals surface area contributed by atoms with E-state index in [9.17, 15) is 9.18 Å². The highest BCUT2D eigenvalue weighted by Crippen LogP contribution is 2.21. The maximum absolute atomic E-state index is 12.9. The van der Waals surface area contributed by atoms with Crippen LogP contribution in [0.3, 0.4) is 0 Å². The van der Waals surface area contributed by atoms with E-state index in [1.807, 2.05) is 0 Å². The van der Waals surface area contributed by atoms with E-state index in [1.54, 1.807) is 6.92 Å². The van der Waals surface area contributed by atoms with Crippen LogP contribution in [0.5, 0.6) is 5.75 Å². The summed E-state index contributed by atoms with van der Waals surface area (Å²) in [5.41, 5.74) is 0.658. The summed E-state index contributed by atoms with van der Waals surface area (Å²) in [6.45, 7) is 1.76. The number of halogens is 1. The van der Waals surface area contributed by atoms with Crippen molar-refractivity contribution in [2.24, 2.45) is 0 Å². The molecule has 5 heteroatoms. The van der Waals surface area contributed by atoms with E-state index < -0.39 is 12.0 Å². The van der Waals surface area contributed by atoms with Crippen LogP contribution in [0.1, 0.15) is 18.4 Å². The van der Waals surface area contributed by atoms with Gasteiger partial charge in [0, 0.05) is 6.04 Å². The molecule has 0 bridgehead atoms. The summed E-state index contributed by atoms with van der Waals surface area (Å²) in [6.07, 6.45) is 2.03. The van der Waals surface area contributed by atoms with Gasteiger partial charge >= 0.3 is 5.97 Å². The Morgan fingerprint density at radius 1 is 1.61 bits per heavy atom. The van der Waals surface area contributed by atoms with Crippen LogP contribution in [-0.2, 0) is 4.79 Å². The third-order valence-electron chi connectivity index (χ3n) is 2.85. The Morgan fingerprint density at radius 3 is 2.89 bits per heavy atom. The summed E-state index contributed by atoms with van der Waals surface area (Å²) in [5.74, 6) is -0.743. The second-order valence-electron chi connectivity index (χ2n) is 4.55. The summed E-state index contributed by atoms with van der Waals surface area (Å²) in [6, 6.07) is 3.75. The summed E-state index contributed by atoms with van der Waals surface area (Å²) in [5, 5.41) is 12.0. The quantitative estimate of drug-likeness (QED) is 0.810. The third-order valence-corrected chi connectivity index (χ3v) is 2.85. The largest absolute Gasteiger partial charge is 0.491 e. The molecule has 1 aromatic rings. The fourth-order valence-electron chi connectivity index (χ4n) is 1.67. The molecule has 0 radical (unpaired) electrons. The molecule has 1 fully saturated rings. The molecule has 0 aromatic heterocycles. The Hall–Kier alpha value is -1.62. The van der Waals surface area contributed by atoms with Crippen molar-refractivity contribution in [1.82, 2.24) is 5.32 Å². The Morgan fingerprint density at radius 2 is 2.33 bits per heavy atom. The Kier molecular flexibility index (Phi) is 3.81.